The number of carbonyl (C=O) groups excluding carboxylic acids is 2. The molecule has 1 aromatic rings. The number of hydrogen-bond donors (Lipinski definition) is 1. The van der Waals surface area contributed by atoms with E-state index >= 15 is 0 Å². The standard InChI is InChI=1S/C7H6O2.C5H8O2.Na.H/c8-7(9)6-4-2-1-3-5-6;6-4-2-1-3-5-7;;/h1-5H,(H,8,9);4-5H,1-3H2;;. The zero-order valence-corrected chi connectivity index (χ0v) is 8.83. The fraction of sp³-hybridized carbons (Fsp3) is 0.250. The number of rotatable bonds is 5. The molecule has 0 aliphatic carbocycles. The number of aromatic carboxylic acids is 1. The zero-order valence-electron chi connectivity index (χ0n) is 8.83. The van der Waals surface area contributed by atoms with Gasteiger partial charge in [-0.1, -0.05) is 18.2 Å². The molecule has 0 heterocycles. The summed E-state index contributed by atoms with van der Waals surface area (Å²) < 4.78 is 0. The van der Waals surface area contributed by atoms with Gasteiger partial charge >= 0.3 is 35.5 Å². The SMILES string of the molecule is O=C(O)c1ccccc1.O=CCCCC=O.[NaH]. The fourth-order valence-corrected chi connectivity index (χ4v) is 0.865. The van der Waals surface area contributed by atoms with Gasteiger partial charge in [-0.05, 0) is 18.6 Å². The van der Waals surface area contributed by atoms with Crippen LogP contribution in [0.4, 0.5) is 0 Å². The molecule has 1 aromatic carbocycles. The molecule has 0 spiro atoms. The van der Waals surface area contributed by atoms with Crippen molar-refractivity contribution in [3.8, 4) is 0 Å². The summed E-state index contributed by atoms with van der Waals surface area (Å²) in [6.07, 6.45) is 3.37. The van der Waals surface area contributed by atoms with Crippen molar-refractivity contribution in [3.05, 3.63) is 35.9 Å². The molecule has 0 atom stereocenters. The molecule has 0 unspecified atom stereocenters. The molecule has 17 heavy (non-hydrogen) atoms. The summed E-state index contributed by atoms with van der Waals surface area (Å²) in [6, 6.07) is 8.30. The molecule has 0 aliphatic heterocycles. The maximum absolute atomic E-state index is 10.2. The van der Waals surface area contributed by atoms with Crippen LogP contribution in [0, 0.1) is 0 Å². The van der Waals surface area contributed by atoms with Crippen molar-refractivity contribution in [1.29, 1.82) is 0 Å². The van der Waals surface area contributed by atoms with E-state index in [4.69, 9.17) is 5.11 Å². The van der Waals surface area contributed by atoms with E-state index in [2.05, 4.69) is 0 Å². The molecule has 0 fully saturated rings. The van der Waals surface area contributed by atoms with Crippen LogP contribution in [-0.4, -0.2) is 53.2 Å². The second-order valence-corrected chi connectivity index (χ2v) is 2.94. The molecule has 88 valence electrons. The summed E-state index contributed by atoms with van der Waals surface area (Å²) in [7, 11) is 0. The van der Waals surface area contributed by atoms with Crippen LogP contribution in [0.2, 0.25) is 0 Å². The molecule has 5 heteroatoms. The average molecular weight is 246 g/mol. The summed E-state index contributed by atoms with van der Waals surface area (Å²) in [5, 5.41) is 8.38. The Kier molecular flexibility index (Phi) is 14.2. The number of aldehydes is 2. The van der Waals surface area contributed by atoms with Gasteiger partial charge in [0.1, 0.15) is 12.6 Å². The van der Waals surface area contributed by atoms with Gasteiger partial charge < -0.3 is 14.7 Å². The molecule has 0 aliphatic rings. The Balaban J connectivity index is 0. The van der Waals surface area contributed by atoms with Gasteiger partial charge in [0.25, 0.3) is 0 Å². The molecule has 0 aromatic heterocycles. The number of carboxylic acids is 1. The normalized spacial score (nSPS) is 8.00. The minimum atomic E-state index is -0.879. The number of carbonyl (C=O) groups is 3. The summed E-state index contributed by atoms with van der Waals surface area (Å²) in [5.41, 5.74) is 0.331. The number of benzene rings is 1. The molecule has 0 amide bonds. The molecule has 1 N–H and O–H groups in total. The number of carboxylic acid groups (broad SMARTS) is 1. The van der Waals surface area contributed by atoms with Crippen LogP contribution in [0.25, 0.3) is 0 Å². The summed E-state index contributed by atoms with van der Waals surface area (Å²) in [5.74, 6) is -0.879. The second kappa shape index (κ2) is 13.1. The Hall–Kier alpha value is -0.970. The first-order valence-electron chi connectivity index (χ1n) is 4.88. The monoisotopic (exact) mass is 246 g/mol. The van der Waals surface area contributed by atoms with Crippen molar-refractivity contribution in [2.75, 3.05) is 0 Å². The molecule has 0 saturated heterocycles. The Morgan fingerprint density at radius 1 is 1.06 bits per heavy atom. The third-order valence-corrected chi connectivity index (χ3v) is 1.66. The van der Waals surface area contributed by atoms with Gasteiger partial charge in [0.2, 0.25) is 0 Å². The van der Waals surface area contributed by atoms with Crippen LogP contribution in [-0.2, 0) is 9.59 Å². The second-order valence-electron chi connectivity index (χ2n) is 2.94. The van der Waals surface area contributed by atoms with Crippen LogP contribution in [0.3, 0.4) is 0 Å². The Labute approximate surface area is 122 Å². The van der Waals surface area contributed by atoms with Gasteiger partial charge in [0.15, 0.2) is 0 Å². The maximum atomic E-state index is 10.2. The van der Waals surface area contributed by atoms with E-state index in [-0.39, 0.29) is 29.6 Å². The van der Waals surface area contributed by atoms with Gasteiger partial charge in [-0.15, -0.1) is 0 Å². The first kappa shape index (κ1) is 18.4. The van der Waals surface area contributed by atoms with Crippen molar-refractivity contribution < 1.29 is 19.5 Å². The van der Waals surface area contributed by atoms with Gasteiger partial charge in [-0.3, -0.25) is 0 Å². The van der Waals surface area contributed by atoms with Crippen molar-refractivity contribution in [2.24, 2.45) is 0 Å². The van der Waals surface area contributed by atoms with Crippen LogP contribution in [0.15, 0.2) is 30.3 Å². The topological polar surface area (TPSA) is 71.4 Å². The van der Waals surface area contributed by atoms with E-state index in [0.29, 0.717) is 24.8 Å². The minimum absolute atomic E-state index is 0. The molecular formula is C12H15NaO4. The van der Waals surface area contributed by atoms with Crippen LogP contribution < -0.4 is 0 Å². The van der Waals surface area contributed by atoms with E-state index in [1.807, 2.05) is 0 Å². The molecule has 1 rings (SSSR count). The molecule has 0 saturated carbocycles. The van der Waals surface area contributed by atoms with Gasteiger partial charge in [-0.2, -0.15) is 0 Å². The molecule has 4 nitrogen and oxygen atoms in total. The van der Waals surface area contributed by atoms with Crippen molar-refractivity contribution in [3.63, 3.8) is 0 Å². The van der Waals surface area contributed by atoms with Crippen molar-refractivity contribution in [1.82, 2.24) is 0 Å². The van der Waals surface area contributed by atoms with E-state index < -0.39 is 5.97 Å². The van der Waals surface area contributed by atoms with Crippen molar-refractivity contribution >= 4 is 48.1 Å². The van der Waals surface area contributed by atoms with E-state index in [0.717, 1.165) is 12.6 Å². The Bertz CT molecular complexity index is 317. The number of hydrogen-bond acceptors (Lipinski definition) is 3. The Morgan fingerprint density at radius 3 is 1.82 bits per heavy atom. The Morgan fingerprint density at radius 2 is 1.53 bits per heavy atom. The van der Waals surface area contributed by atoms with E-state index in [1.165, 1.54) is 0 Å². The zero-order chi connectivity index (χ0) is 12.2. The molecule has 0 bridgehead atoms. The van der Waals surface area contributed by atoms with Crippen molar-refractivity contribution in [2.45, 2.75) is 19.3 Å². The first-order valence-corrected chi connectivity index (χ1v) is 4.88. The summed E-state index contributed by atoms with van der Waals surface area (Å²) >= 11 is 0. The summed E-state index contributed by atoms with van der Waals surface area (Å²) in [6.45, 7) is 0. The van der Waals surface area contributed by atoms with E-state index in [9.17, 15) is 14.4 Å². The van der Waals surface area contributed by atoms with Crippen LogP contribution >= 0.6 is 0 Å². The quantitative estimate of drug-likeness (QED) is 0.483. The van der Waals surface area contributed by atoms with Gasteiger partial charge in [0.05, 0.1) is 5.56 Å². The van der Waals surface area contributed by atoms with E-state index in [1.54, 1.807) is 30.3 Å². The summed E-state index contributed by atoms with van der Waals surface area (Å²) in [4.78, 5) is 29.3. The fourth-order valence-electron chi connectivity index (χ4n) is 0.865. The third kappa shape index (κ3) is 11.3. The average Bonchev–Trinajstić information content (AvgIpc) is 2.32. The third-order valence-electron chi connectivity index (χ3n) is 1.66. The van der Waals surface area contributed by atoms with Crippen LogP contribution in [0.1, 0.15) is 29.6 Å². The number of unbranched alkanes of at least 4 members (excludes halogenated alkanes) is 2. The first-order chi connectivity index (χ1) is 7.72. The van der Waals surface area contributed by atoms with Crippen LogP contribution in [0.5, 0.6) is 0 Å². The van der Waals surface area contributed by atoms with Gasteiger partial charge in [-0.25, -0.2) is 4.79 Å². The molecule has 0 radical (unpaired) electrons. The predicted octanol–water partition coefficient (Wildman–Crippen LogP) is 1.29. The predicted molar refractivity (Wildman–Crippen MR) is 66.5 cm³/mol. The molecular weight excluding hydrogens is 231 g/mol. The van der Waals surface area contributed by atoms with Gasteiger partial charge in [0, 0.05) is 12.8 Å².